The molecular formula is C15H24O. The fourth-order valence-electron chi connectivity index (χ4n) is 1.94. The average Bonchev–Trinajstić information content (AvgIpc) is 2.14. The van der Waals surface area contributed by atoms with Crippen molar-refractivity contribution in [2.75, 3.05) is 0 Å². The maximum Gasteiger partial charge on any atom is 0.0760 e. The Hall–Kier alpha value is -0.820. The Labute approximate surface area is 99.6 Å². The maximum atomic E-state index is 9.85. The van der Waals surface area contributed by atoms with E-state index in [9.17, 15) is 5.11 Å². The smallest absolute Gasteiger partial charge is 0.0760 e. The van der Waals surface area contributed by atoms with Gasteiger partial charge < -0.3 is 5.11 Å². The summed E-state index contributed by atoms with van der Waals surface area (Å²) in [7, 11) is 0. The first-order valence-corrected chi connectivity index (χ1v) is 6.08. The molecule has 0 amide bonds. The summed E-state index contributed by atoms with van der Waals surface area (Å²) in [6.45, 7) is 8.68. The quantitative estimate of drug-likeness (QED) is 0.612. The minimum Gasteiger partial charge on any atom is -0.389 e. The van der Waals surface area contributed by atoms with E-state index >= 15 is 0 Å². The van der Waals surface area contributed by atoms with Crippen LogP contribution >= 0.6 is 0 Å². The van der Waals surface area contributed by atoms with Gasteiger partial charge >= 0.3 is 0 Å². The summed E-state index contributed by atoms with van der Waals surface area (Å²) in [5.41, 5.74) is 2.74. The molecular weight excluding hydrogens is 196 g/mol. The molecule has 1 aliphatic carbocycles. The Balaban J connectivity index is 2.89. The minimum atomic E-state index is -0.328. The van der Waals surface area contributed by atoms with Crippen LogP contribution in [0.4, 0.5) is 0 Å². The molecule has 0 saturated heterocycles. The predicted octanol–water partition coefficient (Wildman–Crippen LogP) is 4.01. The highest BCUT2D eigenvalue weighted by atomic mass is 16.3. The monoisotopic (exact) mass is 220 g/mol. The SMILES string of the molecule is C/C1=C/[C@H](O)C/C(C)=C\CC(C)(C)/C=C\C1. The third-order valence-electron chi connectivity index (χ3n) is 2.99. The molecule has 0 saturated carbocycles. The molecule has 0 aliphatic heterocycles. The van der Waals surface area contributed by atoms with E-state index in [2.05, 4.69) is 45.9 Å². The predicted molar refractivity (Wildman–Crippen MR) is 70.3 cm³/mol. The van der Waals surface area contributed by atoms with E-state index in [-0.39, 0.29) is 11.5 Å². The molecule has 16 heavy (non-hydrogen) atoms. The van der Waals surface area contributed by atoms with Gasteiger partial charge in [-0.05, 0) is 38.5 Å². The van der Waals surface area contributed by atoms with Crippen LogP contribution in [0.5, 0.6) is 0 Å². The van der Waals surface area contributed by atoms with Crippen LogP contribution in [0.25, 0.3) is 0 Å². The largest absolute Gasteiger partial charge is 0.389 e. The number of allylic oxidation sites excluding steroid dienone is 4. The molecule has 1 atom stereocenters. The van der Waals surface area contributed by atoms with Crippen molar-refractivity contribution in [3.63, 3.8) is 0 Å². The Morgan fingerprint density at radius 2 is 1.94 bits per heavy atom. The van der Waals surface area contributed by atoms with Gasteiger partial charge in [-0.3, -0.25) is 0 Å². The van der Waals surface area contributed by atoms with Crippen molar-refractivity contribution in [1.29, 1.82) is 0 Å². The molecule has 0 aromatic heterocycles. The van der Waals surface area contributed by atoms with E-state index in [1.165, 1.54) is 11.1 Å². The fourth-order valence-corrected chi connectivity index (χ4v) is 1.94. The second-order valence-corrected chi connectivity index (χ2v) is 5.63. The Bertz CT molecular complexity index is 318. The van der Waals surface area contributed by atoms with Crippen molar-refractivity contribution in [2.45, 2.75) is 53.1 Å². The van der Waals surface area contributed by atoms with E-state index in [1.54, 1.807) is 0 Å². The zero-order chi connectivity index (χ0) is 12.2. The molecule has 0 bridgehead atoms. The summed E-state index contributed by atoms with van der Waals surface area (Å²) in [6, 6.07) is 0. The molecule has 0 unspecified atom stereocenters. The van der Waals surface area contributed by atoms with Gasteiger partial charge in [0.05, 0.1) is 6.10 Å². The van der Waals surface area contributed by atoms with E-state index in [0.29, 0.717) is 0 Å². The number of aliphatic hydroxyl groups is 1. The summed E-state index contributed by atoms with van der Waals surface area (Å²) >= 11 is 0. The molecule has 90 valence electrons. The first-order chi connectivity index (χ1) is 7.39. The molecule has 0 radical (unpaired) electrons. The van der Waals surface area contributed by atoms with Gasteiger partial charge in [0.2, 0.25) is 0 Å². The molecule has 0 aromatic rings. The number of rotatable bonds is 0. The summed E-state index contributed by atoms with van der Waals surface area (Å²) in [5, 5.41) is 9.85. The van der Waals surface area contributed by atoms with Gasteiger partial charge in [-0.1, -0.05) is 49.3 Å². The molecule has 1 nitrogen and oxygen atoms in total. The van der Waals surface area contributed by atoms with Crippen molar-refractivity contribution in [2.24, 2.45) is 5.41 Å². The third-order valence-corrected chi connectivity index (χ3v) is 2.99. The first kappa shape index (κ1) is 13.2. The van der Waals surface area contributed by atoms with Gasteiger partial charge in [0.25, 0.3) is 0 Å². The van der Waals surface area contributed by atoms with Gasteiger partial charge in [0.15, 0.2) is 0 Å². The normalized spacial score (nSPS) is 35.2. The molecule has 0 fully saturated rings. The second kappa shape index (κ2) is 5.49. The van der Waals surface area contributed by atoms with Gasteiger partial charge in [-0.25, -0.2) is 0 Å². The maximum absolute atomic E-state index is 9.85. The lowest BCUT2D eigenvalue weighted by molar-refractivity contribution is 0.222. The molecule has 0 aromatic carbocycles. The van der Waals surface area contributed by atoms with Crippen LogP contribution in [0.3, 0.4) is 0 Å². The highest BCUT2D eigenvalue weighted by Gasteiger charge is 2.13. The molecule has 0 spiro atoms. The first-order valence-electron chi connectivity index (χ1n) is 6.08. The van der Waals surface area contributed by atoms with Crippen LogP contribution < -0.4 is 0 Å². The van der Waals surface area contributed by atoms with E-state index in [1.807, 2.05) is 6.08 Å². The van der Waals surface area contributed by atoms with Crippen molar-refractivity contribution in [3.8, 4) is 0 Å². The van der Waals surface area contributed by atoms with Crippen LogP contribution in [0.1, 0.15) is 47.0 Å². The molecule has 1 N–H and O–H groups in total. The average molecular weight is 220 g/mol. The van der Waals surface area contributed by atoms with Crippen molar-refractivity contribution in [1.82, 2.24) is 0 Å². The Kier molecular flexibility index (Phi) is 4.55. The zero-order valence-electron chi connectivity index (χ0n) is 11.0. The summed E-state index contributed by atoms with van der Waals surface area (Å²) in [5.74, 6) is 0. The van der Waals surface area contributed by atoms with Crippen LogP contribution in [0.2, 0.25) is 0 Å². The third kappa shape index (κ3) is 4.80. The van der Waals surface area contributed by atoms with Crippen molar-refractivity contribution < 1.29 is 5.11 Å². The molecule has 1 heteroatoms. The Morgan fingerprint density at radius 3 is 2.62 bits per heavy atom. The molecule has 1 rings (SSSR count). The highest BCUT2D eigenvalue weighted by Crippen LogP contribution is 2.25. The van der Waals surface area contributed by atoms with E-state index < -0.39 is 0 Å². The van der Waals surface area contributed by atoms with Crippen LogP contribution in [0.15, 0.2) is 35.5 Å². The molecule has 1 aliphatic rings. The number of aliphatic hydroxyl groups excluding tert-OH is 1. The summed E-state index contributed by atoms with van der Waals surface area (Å²) in [6.07, 6.45) is 11.1. The Morgan fingerprint density at radius 1 is 1.25 bits per heavy atom. The topological polar surface area (TPSA) is 20.2 Å². The highest BCUT2D eigenvalue weighted by molar-refractivity contribution is 5.14. The molecule has 0 heterocycles. The van der Waals surface area contributed by atoms with Gasteiger partial charge in [0.1, 0.15) is 0 Å². The van der Waals surface area contributed by atoms with Crippen LogP contribution in [0, 0.1) is 5.41 Å². The lowest BCUT2D eigenvalue weighted by atomic mass is 9.87. The lowest BCUT2D eigenvalue weighted by Crippen LogP contribution is -2.06. The lowest BCUT2D eigenvalue weighted by Gasteiger charge is -2.18. The van der Waals surface area contributed by atoms with E-state index in [0.717, 1.165) is 19.3 Å². The number of hydrogen-bond acceptors (Lipinski definition) is 1. The second-order valence-electron chi connectivity index (χ2n) is 5.63. The summed E-state index contributed by atoms with van der Waals surface area (Å²) in [4.78, 5) is 0. The van der Waals surface area contributed by atoms with Gasteiger partial charge in [0, 0.05) is 0 Å². The number of hydrogen-bond donors (Lipinski definition) is 1. The van der Waals surface area contributed by atoms with E-state index in [4.69, 9.17) is 0 Å². The minimum absolute atomic E-state index is 0.219. The fraction of sp³-hybridized carbons (Fsp3) is 0.600. The zero-order valence-corrected chi connectivity index (χ0v) is 11.0. The summed E-state index contributed by atoms with van der Waals surface area (Å²) < 4.78 is 0. The van der Waals surface area contributed by atoms with Crippen molar-refractivity contribution >= 4 is 0 Å². The van der Waals surface area contributed by atoms with Crippen LogP contribution in [-0.4, -0.2) is 11.2 Å². The van der Waals surface area contributed by atoms with Gasteiger partial charge in [-0.2, -0.15) is 0 Å². The standard InChI is InChI=1S/C15H24O/c1-12-6-5-8-15(3,4)9-7-13(2)11-14(16)10-12/h5,7-8,10,14,16H,6,9,11H2,1-4H3/b8-5-,12-10-,13-7-/t14-/m0/s1. The van der Waals surface area contributed by atoms with Crippen molar-refractivity contribution in [3.05, 3.63) is 35.5 Å². The van der Waals surface area contributed by atoms with Gasteiger partial charge in [-0.15, -0.1) is 0 Å². The van der Waals surface area contributed by atoms with Crippen LogP contribution in [-0.2, 0) is 0 Å².